The van der Waals surface area contributed by atoms with Gasteiger partial charge in [0.05, 0.1) is 11.1 Å². The Balaban J connectivity index is 1.01. The van der Waals surface area contributed by atoms with Crippen molar-refractivity contribution in [1.82, 2.24) is 0 Å². The molecule has 5 aliphatic carbocycles. The minimum atomic E-state index is -0.459. The SMILES string of the molecule is CC1(C)c2ccccc2-c2ccc(N(c3ccc(-c4cccc5c4oc4ccccc45)cc3)c3cccc4c3-c3ccccc3C43C4=C(C5=CC=CCC5C=C4)c4ccccc43)cc21. The van der Waals surface area contributed by atoms with Gasteiger partial charge in [0.15, 0.2) is 0 Å². The third-order valence-corrected chi connectivity index (χ3v) is 15.2. The first-order valence-corrected chi connectivity index (χ1v) is 22.7. The van der Waals surface area contributed by atoms with E-state index in [2.05, 4.69) is 219 Å². The number of anilines is 3. The van der Waals surface area contributed by atoms with Gasteiger partial charge in [-0.25, -0.2) is 0 Å². The lowest BCUT2D eigenvalue weighted by Crippen LogP contribution is -2.27. The summed E-state index contributed by atoms with van der Waals surface area (Å²) in [7, 11) is 0. The van der Waals surface area contributed by atoms with Gasteiger partial charge in [-0.3, -0.25) is 0 Å². The van der Waals surface area contributed by atoms with Gasteiger partial charge < -0.3 is 9.32 Å². The first kappa shape index (κ1) is 35.9. The molecular weight excluding hydrogens is 775 g/mol. The zero-order valence-electron chi connectivity index (χ0n) is 35.8. The molecule has 1 spiro atoms. The minimum Gasteiger partial charge on any atom is -0.455 e. The van der Waals surface area contributed by atoms with Crippen molar-refractivity contribution in [3.05, 3.63) is 251 Å². The molecule has 64 heavy (non-hydrogen) atoms. The predicted octanol–water partition coefficient (Wildman–Crippen LogP) is 16.2. The maximum Gasteiger partial charge on any atom is 0.143 e. The molecule has 0 bridgehead atoms. The Morgan fingerprint density at radius 1 is 0.547 bits per heavy atom. The van der Waals surface area contributed by atoms with E-state index in [0.717, 1.165) is 50.9 Å². The van der Waals surface area contributed by atoms with E-state index in [9.17, 15) is 0 Å². The first-order chi connectivity index (χ1) is 31.5. The average molecular weight is 818 g/mol. The molecule has 0 N–H and O–H groups in total. The van der Waals surface area contributed by atoms with Crippen LogP contribution in [-0.4, -0.2) is 0 Å². The molecule has 5 aliphatic rings. The van der Waals surface area contributed by atoms with Crippen LogP contribution in [0.4, 0.5) is 17.1 Å². The molecule has 0 saturated carbocycles. The van der Waals surface area contributed by atoms with Gasteiger partial charge >= 0.3 is 0 Å². The largest absolute Gasteiger partial charge is 0.455 e. The van der Waals surface area contributed by atoms with Crippen LogP contribution in [0.3, 0.4) is 0 Å². The van der Waals surface area contributed by atoms with Crippen LogP contribution < -0.4 is 4.90 Å². The number of furan rings is 1. The Kier molecular flexibility index (Phi) is 7.25. The highest BCUT2D eigenvalue weighted by molar-refractivity contribution is 6.10. The molecule has 9 aromatic rings. The number of fused-ring (bicyclic) bond motifs is 17. The molecule has 0 aliphatic heterocycles. The lowest BCUT2D eigenvalue weighted by molar-refractivity contribution is 0.660. The van der Waals surface area contributed by atoms with Gasteiger partial charge in [0, 0.05) is 44.6 Å². The van der Waals surface area contributed by atoms with Crippen molar-refractivity contribution in [2.45, 2.75) is 31.1 Å². The Hall–Kier alpha value is -7.68. The highest BCUT2D eigenvalue weighted by Gasteiger charge is 2.54. The van der Waals surface area contributed by atoms with Crippen LogP contribution in [0.2, 0.25) is 0 Å². The lowest BCUT2D eigenvalue weighted by atomic mass is 9.68. The molecule has 0 amide bonds. The number of hydrogen-bond donors (Lipinski definition) is 0. The van der Waals surface area contributed by atoms with Crippen molar-refractivity contribution in [3.8, 4) is 33.4 Å². The maximum absolute atomic E-state index is 6.54. The number of allylic oxidation sites excluding steroid dienone is 8. The summed E-state index contributed by atoms with van der Waals surface area (Å²) in [5.74, 6) is 0.391. The van der Waals surface area contributed by atoms with E-state index in [-0.39, 0.29) is 5.41 Å². The fourth-order valence-corrected chi connectivity index (χ4v) is 12.4. The third kappa shape index (κ3) is 4.60. The van der Waals surface area contributed by atoms with E-state index in [1.54, 1.807) is 0 Å². The Bertz CT molecular complexity index is 3620. The molecule has 2 atom stereocenters. The van der Waals surface area contributed by atoms with E-state index >= 15 is 0 Å². The summed E-state index contributed by atoms with van der Waals surface area (Å²) in [5.41, 5.74) is 24.5. The molecule has 8 aromatic carbocycles. The average Bonchev–Trinajstić information content (AvgIpc) is 4.04. The van der Waals surface area contributed by atoms with Crippen molar-refractivity contribution in [3.63, 3.8) is 0 Å². The standard InChI is InChI=1S/C62H43NO/c1-61(2)50-23-9-5-17-44(50)45-35-34-41(37-55(45)61)63(40-32-29-39(30-33-40)43-21-13-22-47-46-18-8-12-28-57(46)64-60(43)47)56-27-14-26-53-59(56)49-20-7-11-25-52(49)62(53)51-24-10-6-19-48(51)58-42-16-4-3-15-38(42)31-36-54(58)62/h3-14,16-38H,15H2,1-2H3. The summed E-state index contributed by atoms with van der Waals surface area (Å²) in [6, 6.07) is 65.6. The smallest absolute Gasteiger partial charge is 0.143 e. The van der Waals surface area contributed by atoms with E-state index in [4.69, 9.17) is 4.42 Å². The minimum absolute atomic E-state index is 0.150. The molecule has 0 radical (unpaired) electrons. The second-order valence-electron chi connectivity index (χ2n) is 18.6. The van der Waals surface area contributed by atoms with Crippen molar-refractivity contribution >= 4 is 44.6 Å². The van der Waals surface area contributed by atoms with E-state index in [1.807, 2.05) is 6.07 Å². The Labute approximate surface area is 373 Å². The lowest BCUT2D eigenvalue weighted by Gasteiger charge is -2.34. The molecule has 1 aromatic heterocycles. The van der Waals surface area contributed by atoms with Crippen LogP contribution in [0.15, 0.2) is 222 Å². The van der Waals surface area contributed by atoms with Crippen molar-refractivity contribution in [2.75, 3.05) is 4.90 Å². The van der Waals surface area contributed by atoms with E-state index < -0.39 is 5.41 Å². The number of benzene rings is 8. The molecule has 302 valence electrons. The van der Waals surface area contributed by atoms with Gasteiger partial charge in [-0.2, -0.15) is 0 Å². The first-order valence-electron chi connectivity index (χ1n) is 22.7. The van der Waals surface area contributed by atoms with Crippen LogP contribution in [0.5, 0.6) is 0 Å². The fourth-order valence-electron chi connectivity index (χ4n) is 12.4. The van der Waals surface area contributed by atoms with E-state index in [0.29, 0.717) is 5.92 Å². The monoisotopic (exact) mass is 817 g/mol. The van der Waals surface area contributed by atoms with Gasteiger partial charge in [0.2, 0.25) is 0 Å². The van der Waals surface area contributed by atoms with E-state index in [1.165, 1.54) is 78.0 Å². The highest BCUT2D eigenvalue weighted by atomic mass is 16.3. The molecule has 2 heteroatoms. The second kappa shape index (κ2) is 12.9. The van der Waals surface area contributed by atoms with Crippen molar-refractivity contribution < 1.29 is 4.42 Å². The van der Waals surface area contributed by atoms with Crippen molar-refractivity contribution in [2.24, 2.45) is 5.92 Å². The van der Waals surface area contributed by atoms with Gasteiger partial charge in [-0.05, 0) is 115 Å². The Morgan fingerprint density at radius 2 is 1.20 bits per heavy atom. The zero-order chi connectivity index (χ0) is 42.3. The van der Waals surface area contributed by atoms with Gasteiger partial charge in [0.1, 0.15) is 11.2 Å². The molecule has 1 heterocycles. The van der Waals surface area contributed by atoms with Crippen LogP contribution >= 0.6 is 0 Å². The topological polar surface area (TPSA) is 16.4 Å². The summed E-state index contributed by atoms with van der Waals surface area (Å²) in [5, 5.41) is 2.28. The maximum atomic E-state index is 6.54. The fraction of sp³-hybridized carbons (Fsp3) is 0.0968. The van der Waals surface area contributed by atoms with Crippen LogP contribution in [0.25, 0.3) is 60.9 Å². The third-order valence-electron chi connectivity index (χ3n) is 15.2. The number of rotatable bonds is 4. The Morgan fingerprint density at radius 3 is 2.06 bits per heavy atom. The normalized spacial score (nSPS) is 19.0. The summed E-state index contributed by atoms with van der Waals surface area (Å²) in [4.78, 5) is 2.52. The second-order valence-corrected chi connectivity index (χ2v) is 18.6. The summed E-state index contributed by atoms with van der Waals surface area (Å²) >= 11 is 0. The molecule has 14 rings (SSSR count). The van der Waals surface area contributed by atoms with Gasteiger partial charge in [0.25, 0.3) is 0 Å². The molecular formula is C62H43NO. The van der Waals surface area contributed by atoms with Gasteiger partial charge in [-0.1, -0.05) is 184 Å². The van der Waals surface area contributed by atoms with Crippen LogP contribution in [0.1, 0.15) is 53.6 Å². The number of hydrogen-bond acceptors (Lipinski definition) is 2. The van der Waals surface area contributed by atoms with Gasteiger partial charge in [-0.15, -0.1) is 0 Å². The number of para-hydroxylation sites is 2. The summed E-state index contributed by atoms with van der Waals surface area (Å²) in [6.45, 7) is 4.75. The van der Waals surface area contributed by atoms with Crippen LogP contribution in [0, 0.1) is 5.92 Å². The highest BCUT2D eigenvalue weighted by Crippen LogP contribution is 2.66. The quantitative estimate of drug-likeness (QED) is 0.176. The summed E-state index contributed by atoms with van der Waals surface area (Å²) in [6.07, 6.45) is 12.9. The van der Waals surface area contributed by atoms with Crippen LogP contribution in [-0.2, 0) is 10.8 Å². The zero-order valence-corrected chi connectivity index (χ0v) is 35.8. The predicted molar refractivity (Wildman–Crippen MR) is 265 cm³/mol. The molecule has 2 unspecified atom stereocenters. The van der Waals surface area contributed by atoms with Crippen molar-refractivity contribution in [1.29, 1.82) is 0 Å². The summed E-state index contributed by atoms with van der Waals surface area (Å²) < 4.78 is 6.54. The molecule has 0 saturated heterocycles. The number of nitrogens with zero attached hydrogens (tertiary/aromatic N) is 1. The molecule has 0 fully saturated rings. The molecule has 2 nitrogen and oxygen atoms in total.